The Labute approximate surface area is 191 Å². The van der Waals surface area contributed by atoms with E-state index in [2.05, 4.69) is 15.5 Å². The van der Waals surface area contributed by atoms with E-state index in [1.165, 1.54) is 17.8 Å². The van der Waals surface area contributed by atoms with Gasteiger partial charge in [-0.3, -0.25) is 9.36 Å². The Morgan fingerprint density at radius 2 is 1.94 bits per heavy atom. The number of rotatable bonds is 8. The first kappa shape index (κ1) is 22.0. The van der Waals surface area contributed by atoms with Gasteiger partial charge in [0.25, 0.3) is 0 Å². The van der Waals surface area contributed by atoms with Gasteiger partial charge < -0.3 is 10.1 Å². The largest absolute Gasteiger partial charge is 0.497 e. The topological polar surface area (TPSA) is 69.0 Å². The fraction of sp³-hybridized carbons (Fsp3) is 0.136. The predicted octanol–water partition coefficient (Wildman–Crippen LogP) is 4.94. The zero-order chi connectivity index (χ0) is 22.5. The maximum absolute atomic E-state index is 13.4. The summed E-state index contributed by atoms with van der Waals surface area (Å²) in [5.41, 5.74) is 1.02. The molecule has 4 aromatic rings. The van der Waals surface area contributed by atoms with E-state index in [1.54, 1.807) is 18.4 Å². The molecule has 0 aliphatic rings. The number of halogens is 2. The maximum Gasteiger partial charge on any atom is 0.234 e. The van der Waals surface area contributed by atoms with Crippen LogP contribution in [0.3, 0.4) is 0 Å². The number of amides is 1. The van der Waals surface area contributed by atoms with Crippen LogP contribution in [0.2, 0.25) is 0 Å². The normalized spacial score (nSPS) is 10.8. The number of methoxy groups -OCH3 is 1. The van der Waals surface area contributed by atoms with Gasteiger partial charge in [0, 0.05) is 28.7 Å². The van der Waals surface area contributed by atoms with E-state index in [0.29, 0.717) is 11.6 Å². The Morgan fingerprint density at radius 1 is 1.12 bits per heavy atom. The molecular weight excluding hydrogens is 454 g/mol. The summed E-state index contributed by atoms with van der Waals surface area (Å²) in [5, 5.41) is 13.7. The van der Waals surface area contributed by atoms with Crippen molar-refractivity contribution in [3.05, 3.63) is 82.3 Å². The van der Waals surface area contributed by atoms with Crippen molar-refractivity contribution in [3.63, 3.8) is 0 Å². The molecule has 6 nitrogen and oxygen atoms in total. The van der Waals surface area contributed by atoms with Gasteiger partial charge in [0.2, 0.25) is 5.91 Å². The van der Waals surface area contributed by atoms with Crippen LogP contribution in [-0.4, -0.2) is 33.5 Å². The summed E-state index contributed by atoms with van der Waals surface area (Å²) in [5.74, 6) is -0.879. The molecule has 1 N–H and O–H groups in total. The molecule has 0 aliphatic carbocycles. The molecule has 4 rings (SSSR count). The van der Waals surface area contributed by atoms with E-state index < -0.39 is 11.6 Å². The fourth-order valence-electron chi connectivity index (χ4n) is 2.97. The highest BCUT2D eigenvalue weighted by atomic mass is 32.2. The molecular formula is C22H18F2N4O2S2. The van der Waals surface area contributed by atoms with Gasteiger partial charge in [0.15, 0.2) is 16.8 Å². The maximum atomic E-state index is 13.4. The Morgan fingerprint density at radius 3 is 2.62 bits per heavy atom. The number of hydrogen-bond acceptors (Lipinski definition) is 6. The Kier molecular flexibility index (Phi) is 6.81. The lowest BCUT2D eigenvalue weighted by Gasteiger charge is -2.11. The highest BCUT2D eigenvalue weighted by Gasteiger charge is 2.17. The van der Waals surface area contributed by atoms with Gasteiger partial charge in [-0.05, 0) is 47.8 Å². The first-order valence-electron chi connectivity index (χ1n) is 9.52. The number of thiophene rings is 1. The molecule has 0 fully saturated rings. The van der Waals surface area contributed by atoms with Gasteiger partial charge in [-0.2, -0.15) is 0 Å². The number of nitrogens with zero attached hydrogens (tertiary/aromatic N) is 3. The Bertz CT molecular complexity index is 1210. The smallest absolute Gasteiger partial charge is 0.234 e. The van der Waals surface area contributed by atoms with Crippen LogP contribution in [-0.2, 0) is 11.2 Å². The number of carbonyl (C=O) groups excluding carboxylic acids is 1. The van der Waals surface area contributed by atoms with Crippen LogP contribution in [0.15, 0.2) is 65.1 Å². The van der Waals surface area contributed by atoms with Crippen molar-refractivity contribution < 1.29 is 18.3 Å². The highest BCUT2D eigenvalue weighted by molar-refractivity contribution is 7.99. The molecule has 0 spiro atoms. The minimum absolute atomic E-state index is 0.0201. The number of benzene rings is 2. The summed E-state index contributed by atoms with van der Waals surface area (Å²) in [6, 6.07) is 14.7. The van der Waals surface area contributed by atoms with Gasteiger partial charge in [0.1, 0.15) is 11.6 Å². The molecule has 2 heterocycles. The van der Waals surface area contributed by atoms with Crippen LogP contribution >= 0.6 is 23.1 Å². The molecule has 164 valence electrons. The second-order valence-corrected chi connectivity index (χ2v) is 8.63. The van der Waals surface area contributed by atoms with E-state index in [-0.39, 0.29) is 17.3 Å². The van der Waals surface area contributed by atoms with Gasteiger partial charge in [-0.25, -0.2) is 8.78 Å². The molecule has 2 aromatic carbocycles. The second-order valence-electron chi connectivity index (χ2n) is 6.65. The predicted molar refractivity (Wildman–Crippen MR) is 121 cm³/mol. The molecule has 0 atom stereocenters. The molecule has 0 saturated heterocycles. The first-order chi connectivity index (χ1) is 15.5. The van der Waals surface area contributed by atoms with Crippen LogP contribution in [0.25, 0.3) is 5.69 Å². The van der Waals surface area contributed by atoms with Crippen LogP contribution in [0, 0.1) is 11.6 Å². The van der Waals surface area contributed by atoms with Crippen LogP contribution in [0.5, 0.6) is 5.75 Å². The molecule has 0 saturated carbocycles. The Hall–Kier alpha value is -3.24. The minimum Gasteiger partial charge on any atom is -0.497 e. The number of carbonyl (C=O) groups is 1. The lowest BCUT2D eigenvalue weighted by molar-refractivity contribution is -0.113. The lowest BCUT2D eigenvalue weighted by Crippen LogP contribution is -2.15. The quantitative estimate of drug-likeness (QED) is 0.368. The minimum atomic E-state index is -1.02. The average molecular weight is 473 g/mol. The van der Waals surface area contributed by atoms with Crippen molar-refractivity contribution in [2.75, 3.05) is 18.2 Å². The number of nitrogens with one attached hydrogen (secondary N) is 1. The van der Waals surface area contributed by atoms with Gasteiger partial charge in [0.05, 0.1) is 12.9 Å². The summed E-state index contributed by atoms with van der Waals surface area (Å²) in [7, 11) is 1.60. The summed E-state index contributed by atoms with van der Waals surface area (Å²) in [6.45, 7) is 0. The van der Waals surface area contributed by atoms with Gasteiger partial charge in [-0.15, -0.1) is 21.5 Å². The SMILES string of the molecule is COc1ccc(-n2c(Cc3cccs3)nnc2SCC(=O)Nc2ccc(F)c(F)c2)cc1. The molecule has 0 aliphatic heterocycles. The molecule has 10 heteroatoms. The summed E-state index contributed by atoms with van der Waals surface area (Å²) < 4.78 is 33.6. The summed E-state index contributed by atoms with van der Waals surface area (Å²) >= 11 is 2.83. The van der Waals surface area contributed by atoms with Crippen molar-refractivity contribution in [2.45, 2.75) is 11.6 Å². The standard InChI is InChI=1S/C22H18F2N4O2S2/c1-30-16-7-5-15(6-8-16)28-20(12-17-3-2-10-31-17)26-27-22(28)32-13-21(29)25-14-4-9-18(23)19(24)11-14/h2-11H,12-13H2,1H3,(H,25,29). The highest BCUT2D eigenvalue weighted by Crippen LogP contribution is 2.26. The van der Waals surface area contributed by atoms with Crippen molar-refractivity contribution in [2.24, 2.45) is 0 Å². The number of anilines is 1. The fourth-order valence-corrected chi connectivity index (χ4v) is 4.44. The second kappa shape index (κ2) is 9.92. The summed E-state index contributed by atoms with van der Waals surface area (Å²) in [4.78, 5) is 13.5. The molecule has 32 heavy (non-hydrogen) atoms. The van der Waals surface area contributed by atoms with E-state index in [0.717, 1.165) is 34.3 Å². The zero-order valence-electron chi connectivity index (χ0n) is 16.9. The van der Waals surface area contributed by atoms with Gasteiger partial charge in [-0.1, -0.05) is 17.8 Å². The Balaban J connectivity index is 1.53. The lowest BCUT2D eigenvalue weighted by atomic mass is 10.2. The van der Waals surface area contributed by atoms with Crippen LogP contribution < -0.4 is 10.1 Å². The van der Waals surface area contributed by atoms with E-state index in [1.807, 2.05) is 46.3 Å². The number of aromatic nitrogens is 3. The summed E-state index contributed by atoms with van der Waals surface area (Å²) in [6.07, 6.45) is 0.596. The number of thioether (sulfide) groups is 1. The number of hydrogen-bond donors (Lipinski definition) is 1. The van der Waals surface area contributed by atoms with Crippen molar-refractivity contribution in [1.29, 1.82) is 0 Å². The van der Waals surface area contributed by atoms with E-state index in [4.69, 9.17) is 4.74 Å². The molecule has 1 amide bonds. The third-order valence-corrected chi connectivity index (χ3v) is 6.28. The van der Waals surface area contributed by atoms with E-state index >= 15 is 0 Å². The first-order valence-corrected chi connectivity index (χ1v) is 11.4. The molecule has 0 radical (unpaired) electrons. The number of ether oxygens (including phenoxy) is 1. The molecule has 0 bridgehead atoms. The molecule has 2 aromatic heterocycles. The monoisotopic (exact) mass is 472 g/mol. The third kappa shape index (κ3) is 5.14. The van der Waals surface area contributed by atoms with E-state index in [9.17, 15) is 13.6 Å². The van der Waals surface area contributed by atoms with Crippen molar-refractivity contribution in [1.82, 2.24) is 14.8 Å². The van der Waals surface area contributed by atoms with Crippen molar-refractivity contribution >= 4 is 34.7 Å². The van der Waals surface area contributed by atoms with Crippen molar-refractivity contribution in [3.8, 4) is 11.4 Å². The molecule has 0 unspecified atom stereocenters. The average Bonchev–Trinajstić information content (AvgIpc) is 3.45. The van der Waals surface area contributed by atoms with Crippen LogP contribution in [0.1, 0.15) is 10.7 Å². The van der Waals surface area contributed by atoms with Crippen LogP contribution in [0.4, 0.5) is 14.5 Å². The third-order valence-electron chi connectivity index (χ3n) is 4.48. The van der Waals surface area contributed by atoms with Gasteiger partial charge >= 0.3 is 0 Å². The zero-order valence-corrected chi connectivity index (χ0v) is 18.6.